The summed E-state index contributed by atoms with van der Waals surface area (Å²) in [5, 5.41) is 2.89. The van der Waals surface area contributed by atoms with E-state index < -0.39 is 0 Å². The number of anilines is 1. The van der Waals surface area contributed by atoms with Crippen molar-refractivity contribution in [3.8, 4) is 0 Å². The van der Waals surface area contributed by atoms with Gasteiger partial charge in [-0.15, -0.1) is 11.3 Å². The van der Waals surface area contributed by atoms with Crippen molar-refractivity contribution in [3.05, 3.63) is 45.9 Å². The lowest BCUT2D eigenvalue weighted by Crippen LogP contribution is -2.10. The lowest BCUT2D eigenvalue weighted by Gasteiger charge is -2.01. The van der Waals surface area contributed by atoms with Gasteiger partial charge in [-0.3, -0.25) is 9.78 Å². The molecule has 1 amide bonds. The maximum Gasteiger partial charge on any atom is 0.265 e. The minimum atomic E-state index is -0.0222. The number of thiophene rings is 1. The van der Waals surface area contributed by atoms with Gasteiger partial charge in [-0.1, -0.05) is 6.42 Å². The Balaban J connectivity index is 1.77. The molecule has 0 saturated heterocycles. The third kappa shape index (κ3) is 2.84. The summed E-state index contributed by atoms with van der Waals surface area (Å²) in [6, 6.07) is 5.74. The maximum atomic E-state index is 12.2. The fraction of sp³-hybridized carbons (Fsp3) is 0.333. The molecule has 0 spiro atoms. The van der Waals surface area contributed by atoms with Crippen LogP contribution in [0.15, 0.2) is 30.6 Å². The van der Waals surface area contributed by atoms with E-state index in [1.807, 2.05) is 12.1 Å². The zero-order valence-electron chi connectivity index (χ0n) is 10.7. The molecule has 2 heterocycles. The smallest absolute Gasteiger partial charge is 0.265 e. The van der Waals surface area contributed by atoms with E-state index in [4.69, 9.17) is 0 Å². The second-order valence-electron chi connectivity index (χ2n) is 4.82. The zero-order chi connectivity index (χ0) is 13.1. The second kappa shape index (κ2) is 5.53. The van der Waals surface area contributed by atoms with E-state index in [-0.39, 0.29) is 5.91 Å². The molecule has 2 aromatic rings. The minimum Gasteiger partial charge on any atom is -0.320 e. The molecule has 19 heavy (non-hydrogen) atoms. The van der Waals surface area contributed by atoms with Crippen molar-refractivity contribution in [3.63, 3.8) is 0 Å². The molecule has 2 aromatic heterocycles. The predicted molar refractivity (Wildman–Crippen MR) is 77.8 cm³/mol. The average molecular weight is 272 g/mol. The SMILES string of the molecule is O=C(Nc1cccnc1)c1cc2c(s1)CCCCC2. The first kappa shape index (κ1) is 12.4. The van der Waals surface area contributed by atoms with E-state index in [1.54, 1.807) is 23.7 Å². The molecule has 3 nitrogen and oxygen atoms in total. The number of hydrogen-bond acceptors (Lipinski definition) is 3. The topological polar surface area (TPSA) is 42.0 Å². The first-order valence-electron chi connectivity index (χ1n) is 6.66. The molecule has 1 N–H and O–H groups in total. The van der Waals surface area contributed by atoms with Gasteiger partial charge in [0.1, 0.15) is 0 Å². The van der Waals surface area contributed by atoms with Crippen molar-refractivity contribution in [2.24, 2.45) is 0 Å². The van der Waals surface area contributed by atoms with E-state index in [1.165, 1.54) is 29.7 Å². The molecule has 98 valence electrons. The number of fused-ring (bicyclic) bond motifs is 1. The number of nitrogens with one attached hydrogen (secondary N) is 1. The van der Waals surface area contributed by atoms with Crippen LogP contribution in [0.25, 0.3) is 0 Å². The summed E-state index contributed by atoms with van der Waals surface area (Å²) in [6.07, 6.45) is 9.40. The predicted octanol–water partition coefficient (Wildman–Crippen LogP) is 3.66. The molecule has 0 aromatic carbocycles. The van der Waals surface area contributed by atoms with Crippen molar-refractivity contribution in [2.75, 3.05) is 5.32 Å². The molecule has 0 aliphatic heterocycles. The molecule has 1 aliphatic carbocycles. The first-order valence-corrected chi connectivity index (χ1v) is 7.47. The Morgan fingerprint density at radius 2 is 2.16 bits per heavy atom. The van der Waals surface area contributed by atoms with Gasteiger partial charge < -0.3 is 5.32 Å². The number of nitrogens with zero attached hydrogens (tertiary/aromatic N) is 1. The fourth-order valence-corrected chi connectivity index (χ4v) is 3.56. The second-order valence-corrected chi connectivity index (χ2v) is 5.95. The highest BCUT2D eigenvalue weighted by atomic mass is 32.1. The van der Waals surface area contributed by atoms with Crippen LogP contribution in [0.4, 0.5) is 5.69 Å². The standard InChI is InChI=1S/C15H16N2OS/c18-15(17-12-6-4-8-16-10-12)14-9-11-5-2-1-3-7-13(11)19-14/h4,6,8-10H,1-3,5,7H2,(H,17,18). The highest BCUT2D eigenvalue weighted by molar-refractivity contribution is 7.14. The summed E-state index contributed by atoms with van der Waals surface area (Å²) in [6.45, 7) is 0. The highest BCUT2D eigenvalue weighted by Crippen LogP contribution is 2.29. The highest BCUT2D eigenvalue weighted by Gasteiger charge is 2.16. The molecule has 1 aliphatic rings. The third-order valence-electron chi connectivity index (χ3n) is 3.39. The summed E-state index contributed by atoms with van der Waals surface area (Å²) < 4.78 is 0. The molecule has 0 atom stereocenters. The molecule has 0 unspecified atom stereocenters. The van der Waals surface area contributed by atoms with Gasteiger partial charge >= 0.3 is 0 Å². The van der Waals surface area contributed by atoms with Gasteiger partial charge in [-0.25, -0.2) is 0 Å². The Morgan fingerprint density at radius 1 is 1.26 bits per heavy atom. The molecule has 0 radical (unpaired) electrons. The van der Waals surface area contributed by atoms with E-state index in [0.717, 1.165) is 23.4 Å². The summed E-state index contributed by atoms with van der Waals surface area (Å²) in [5.74, 6) is -0.0222. The van der Waals surface area contributed by atoms with Crippen LogP contribution in [0.3, 0.4) is 0 Å². The van der Waals surface area contributed by atoms with Crippen molar-refractivity contribution >= 4 is 22.9 Å². The van der Waals surface area contributed by atoms with Crippen molar-refractivity contribution in [1.29, 1.82) is 0 Å². The lowest BCUT2D eigenvalue weighted by molar-refractivity contribution is 0.103. The van der Waals surface area contributed by atoms with Crippen molar-refractivity contribution in [2.45, 2.75) is 32.1 Å². The van der Waals surface area contributed by atoms with Crippen LogP contribution in [0, 0.1) is 0 Å². The van der Waals surface area contributed by atoms with E-state index in [2.05, 4.69) is 16.4 Å². The molecule has 0 bridgehead atoms. The van der Waals surface area contributed by atoms with Crippen LogP contribution in [0.1, 0.15) is 39.4 Å². The monoisotopic (exact) mass is 272 g/mol. The summed E-state index contributed by atoms with van der Waals surface area (Å²) in [4.78, 5) is 18.4. The molecule has 4 heteroatoms. The molecular weight excluding hydrogens is 256 g/mol. The summed E-state index contributed by atoms with van der Waals surface area (Å²) in [7, 11) is 0. The van der Waals surface area contributed by atoms with Crippen molar-refractivity contribution < 1.29 is 4.79 Å². The molecular formula is C15H16N2OS. The minimum absolute atomic E-state index is 0.0222. The number of hydrogen-bond donors (Lipinski definition) is 1. The molecule has 0 saturated carbocycles. The Kier molecular flexibility index (Phi) is 3.60. The fourth-order valence-electron chi connectivity index (χ4n) is 2.41. The van der Waals surface area contributed by atoms with Crippen LogP contribution >= 0.6 is 11.3 Å². The van der Waals surface area contributed by atoms with Crippen LogP contribution in [0.5, 0.6) is 0 Å². The number of rotatable bonds is 2. The first-order chi connectivity index (χ1) is 9.33. The van der Waals surface area contributed by atoms with Crippen LogP contribution in [0.2, 0.25) is 0 Å². The third-order valence-corrected chi connectivity index (χ3v) is 4.63. The largest absolute Gasteiger partial charge is 0.320 e. The van der Waals surface area contributed by atoms with Crippen LogP contribution < -0.4 is 5.32 Å². The number of aromatic nitrogens is 1. The van der Waals surface area contributed by atoms with Gasteiger partial charge in [0.25, 0.3) is 5.91 Å². The summed E-state index contributed by atoms with van der Waals surface area (Å²) >= 11 is 1.64. The van der Waals surface area contributed by atoms with Crippen molar-refractivity contribution in [1.82, 2.24) is 4.98 Å². The molecule has 0 fully saturated rings. The zero-order valence-corrected chi connectivity index (χ0v) is 11.5. The summed E-state index contributed by atoms with van der Waals surface area (Å²) in [5.41, 5.74) is 2.12. The lowest BCUT2D eigenvalue weighted by atomic mass is 10.1. The average Bonchev–Trinajstić information content (AvgIpc) is 2.72. The van der Waals surface area contributed by atoms with Gasteiger partial charge in [0.05, 0.1) is 16.8 Å². The Hall–Kier alpha value is -1.68. The van der Waals surface area contributed by atoms with Gasteiger partial charge in [0, 0.05) is 11.1 Å². The Bertz CT molecular complexity index is 554. The van der Waals surface area contributed by atoms with Gasteiger partial charge in [-0.05, 0) is 49.4 Å². The Morgan fingerprint density at radius 3 is 3.00 bits per heavy atom. The van der Waals surface area contributed by atoms with E-state index in [0.29, 0.717) is 0 Å². The number of aryl methyl sites for hydroxylation is 2. The van der Waals surface area contributed by atoms with Crippen LogP contribution in [-0.2, 0) is 12.8 Å². The van der Waals surface area contributed by atoms with E-state index >= 15 is 0 Å². The van der Waals surface area contributed by atoms with Gasteiger partial charge in [0.15, 0.2) is 0 Å². The number of pyridine rings is 1. The Labute approximate surface area is 116 Å². The van der Waals surface area contributed by atoms with Gasteiger partial charge in [0.2, 0.25) is 0 Å². The van der Waals surface area contributed by atoms with E-state index in [9.17, 15) is 4.79 Å². The number of amides is 1. The van der Waals surface area contributed by atoms with Gasteiger partial charge in [-0.2, -0.15) is 0 Å². The quantitative estimate of drug-likeness (QED) is 0.848. The maximum absolute atomic E-state index is 12.2. The normalized spacial score (nSPS) is 14.5. The number of carbonyl (C=O) groups is 1. The van der Waals surface area contributed by atoms with Crippen LogP contribution in [-0.4, -0.2) is 10.9 Å². The number of carbonyl (C=O) groups excluding carboxylic acids is 1. The molecule has 3 rings (SSSR count).